The van der Waals surface area contributed by atoms with Crippen molar-refractivity contribution in [3.05, 3.63) is 0 Å². The Labute approximate surface area is 59.2 Å². The first kappa shape index (κ1) is 8.26. The van der Waals surface area contributed by atoms with Gasteiger partial charge in [-0.3, -0.25) is 0 Å². The molecule has 0 aromatic rings. The lowest BCUT2D eigenvalue weighted by molar-refractivity contribution is 5.51. The van der Waals surface area contributed by atoms with E-state index in [2.05, 4.69) is 24.5 Å². The molecule has 0 N–H and O–H groups in total. The fourth-order valence-electron chi connectivity index (χ4n) is 0.0373. The van der Waals surface area contributed by atoms with Crippen molar-refractivity contribution in [1.29, 1.82) is 0 Å². The van der Waals surface area contributed by atoms with Gasteiger partial charge in [0.05, 0.1) is 0 Å². The van der Waals surface area contributed by atoms with Crippen LogP contribution in [0.15, 0.2) is 0 Å². The van der Waals surface area contributed by atoms with Crippen molar-refractivity contribution in [3.63, 3.8) is 0 Å². The molecule has 0 aromatic carbocycles. The molecule has 0 amide bonds. The number of hydrogen-bond donors (Lipinski definition) is 2. The van der Waals surface area contributed by atoms with E-state index in [0.717, 1.165) is 0 Å². The van der Waals surface area contributed by atoms with Crippen molar-refractivity contribution in [2.75, 3.05) is 0 Å². The molecule has 0 aromatic heterocycles. The van der Waals surface area contributed by atoms with E-state index in [-0.39, 0.29) is 0 Å². The van der Waals surface area contributed by atoms with Crippen molar-refractivity contribution < 1.29 is 0 Å². The molecule has 6 heteroatoms. The first-order chi connectivity index (χ1) is 2.91. The average molecular weight is 194 g/mol. The molecule has 2 unspecified atom stereocenters. The van der Waals surface area contributed by atoms with E-state index in [1.54, 1.807) is 20.8 Å². The van der Waals surface area contributed by atoms with Gasteiger partial charge in [-0.15, -0.1) is 24.5 Å². The minimum Gasteiger partial charge on any atom is -0.142 e. The summed E-state index contributed by atoms with van der Waals surface area (Å²) < 4.78 is 0. The minimum absolute atomic E-state index is 0.697. The SMILES string of the molecule is SPSSPS. The highest BCUT2D eigenvalue weighted by molar-refractivity contribution is 9.20. The van der Waals surface area contributed by atoms with E-state index in [4.69, 9.17) is 0 Å². The summed E-state index contributed by atoms with van der Waals surface area (Å²) in [7, 11) is 3.51. The maximum Gasteiger partial charge on any atom is 0.00686 e. The van der Waals surface area contributed by atoms with Crippen molar-refractivity contribution in [1.82, 2.24) is 0 Å². The van der Waals surface area contributed by atoms with Crippen LogP contribution in [0.3, 0.4) is 0 Å². The van der Waals surface area contributed by atoms with Crippen LogP contribution in [0.1, 0.15) is 0 Å². The van der Waals surface area contributed by atoms with E-state index in [9.17, 15) is 0 Å². The summed E-state index contributed by atoms with van der Waals surface area (Å²) in [4.78, 5) is 0. The minimum atomic E-state index is 0.697. The lowest BCUT2D eigenvalue weighted by atomic mass is 29.8. The molecular formula is H4P2S4. The maximum atomic E-state index is 4.00. The van der Waals surface area contributed by atoms with E-state index < -0.39 is 0 Å². The van der Waals surface area contributed by atoms with Crippen LogP contribution < -0.4 is 0 Å². The zero-order valence-electron chi connectivity index (χ0n) is 2.71. The molecule has 0 radical (unpaired) electrons. The van der Waals surface area contributed by atoms with Gasteiger partial charge in [-0.1, -0.05) is 20.8 Å². The van der Waals surface area contributed by atoms with Crippen LogP contribution in [0, 0.1) is 0 Å². The first-order valence-corrected chi connectivity index (χ1v) is 9.20. The Morgan fingerprint density at radius 2 is 1.33 bits per heavy atom. The fraction of sp³-hybridized carbons (Fsp3) is 0. The van der Waals surface area contributed by atoms with Crippen molar-refractivity contribution in [2.24, 2.45) is 0 Å². The third-order valence-corrected chi connectivity index (χ3v) is 9.41. The van der Waals surface area contributed by atoms with Crippen molar-refractivity contribution in [2.45, 2.75) is 0 Å². The summed E-state index contributed by atoms with van der Waals surface area (Å²) in [5, 5.41) is 0. The highest BCUT2D eigenvalue weighted by Gasteiger charge is 1.76. The average Bonchev–Trinajstić information content (AvgIpc) is 1.61. The predicted molar refractivity (Wildman–Crippen MR) is 49.8 cm³/mol. The Kier molecular flexibility index (Phi) is 9.99. The molecule has 0 fully saturated rings. The van der Waals surface area contributed by atoms with Crippen LogP contribution >= 0.6 is 59.3 Å². The van der Waals surface area contributed by atoms with Crippen LogP contribution in [-0.2, 0) is 0 Å². The number of thiol groups is 2. The molecule has 0 rings (SSSR count). The molecule has 0 aliphatic rings. The smallest absolute Gasteiger partial charge is 0.00686 e. The zero-order valence-corrected chi connectivity index (χ0v) is 8.13. The second-order valence-corrected chi connectivity index (χ2v) is 9.43. The summed E-state index contributed by atoms with van der Waals surface area (Å²) in [5.74, 6) is 0. The van der Waals surface area contributed by atoms with Gasteiger partial charge in [0.2, 0.25) is 0 Å². The van der Waals surface area contributed by atoms with Gasteiger partial charge in [-0.25, -0.2) is 0 Å². The van der Waals surface area contributed by atoms with E-state index in [1.807, 2.05) is 0 Å². The number of rotatable bonds is 3. The van der Waals surface area contributed by atoms with Crippen LogP contribution in [0.25, 0.3) is 0 Å². The summed E-state index contributed by atoms with van der Waals surface area (Å²) in [6.45, 7) is 1.39. The Balaban J connectivity index is 2.34. The van der Waals surface area contributed by atoms with Gasteiger partial charge in [0.1, 0.15) is 0 Å². The third kappa shape index (κ3) is 6.26. The van der Waals surface area contributed by atoms with Gasteiger partial charge >= 0.3 is 0 Å². The van der Waals surface area contributed by atoms with E-state index in [0.29, 0.717) is 14.0 Å². The molecule has 2 atom stereocenters. The Morgan fingerprint density at radius 3 is 1.50 bits per heavy atom. The first-order valence-electron chi connectivity index (χ1n) is 1.02. The van der Waals surface area contributed by atoms with Crippen LogP contribution in [0.2, 0.25) is 0 Å². The summed E-state index contributed by atoms with van der Waals surface area (Å²) in [5.41, 5.74) is 0. The Hall–Kier alpha value is 2.26. The van der Waals surface area contributed by atoms with Gasteiger partial charge in [0, 0.05) is 14.0 Å². The molecule has 0 aliphatic carbocycles. The maximum absolute atomic E-state index is 4.00. The molecule has 0 nitrogen and oxygen atoms in total. The van der Waals surface area contributed by atoms with Crippen molar-refractivity contribution in [3.8, 4) is 0 Å². The molecule has 0 heterocycles. The molecule has 0 spiro atoms. The Bertz CT molecular complexity index is 17.5. The van der Waals surface area contributed by atoms with Gasteiger partial charge in [0.25, 0.3) is 0 Å². The van der Waals surface area contributed by atoms with Crippen molar-refractivity contribution >= 4 is 59.3 Å². The predicted octanol–water partition coefficient (Wildman–Crippen LogP) is 3.24. The summed E-state index contributed by atoms with van der Waals surface area (Å²) >= 11 is 7.99. The van der Waals surface area contributed by atoms with Crippen LogP contribution in [0.4, 0.5) is 0 Å². The quantitative estimate of drug-likeness (QED) is 0.306. The Morgan fingerprint density at radius 1 is 1.00 bits per heavy atom. The lowest BCUT2D eigenvalue weighted by Gasteiger charge is -1.84. The fourth-order valence-corrected chi connectivity index (χ4v) is 9.06. The van der Waals surface area contributed by atoms with Gasteiger partial charge in [-0.05, 0) is 0 Å². The number of hydrogen-bond acceptors (Lipinski definition) is 4. The molecular weight excluding hydrogens is 190 g/mol. The highest BCUT2D eigenvalue weighted by atomic mass is 33.6. The molecule has 0 saturated heterocycles. The zero-order chi connectivity index (χ0) is 4.83. The highest BCUT2D eigenvalue weighted by Crippen LogP contribution is 2.53. The third-order valence-electron chi connectivity index (χ3n) is 0.116. The van der Waals surface area contributed by atoms with Crippen LogP contribution in [0.5, 0.6) is 0 Å². The molecule has 0 aliphatic heterocycles. The van der Waals surface area contributed by atoms with Gasteiger partial charge in [-0.2, -0.15) is 0 Å². The normalized spacial score (nSPS) is 13.0. The van der Waals surface area contributed by atoms with Gasteiger partial charge in [0.15, 0.2) is 0 Å². The molecule has 6 heavy (non-hydrogen) atoms. The summed E-state index contributed by atoms with van der Waals surface area (Å²) in [6.07, 6.45) is 0. The monoisotopic (exact) mass is 194 g/mol. The second kappa shape index (κ2) is 7.26. The largest absolute Gasteiger partial charge is 0.142 e. The molecule has 0 saturated carbocycles. The summed E-state index contributed by atoms with van der Waals surface area (Å²) in [6, 6.07) is 0. The van der Waals surface area contributed by atoms with E-state index in [1.165, 1.54) is 0 Å². The second-order valence-electron chi connectivity index (χ2n) is 0.349. The molecule has 38 valence electrons. The standard InChI is InChI=1S/H4P2S4/c3-1-5-6-2-4/h1-4H. The molecule has 0 bridgehead atoms. The van der Waals surface area contributed by atoms with E-state index >= 15 is 0 Å². The van der Waals surface area contributed by atoms with Crippen LogP contribution in [-0.4, -0.2) is 0 Å². The lowest BCUT2D eigenvalue weighted by Crippen LogP contribution is -1.08. The topological polar surface area (TPSA) is 0 Å². The van der Waals surface area contributed by atoms with Gasteiger partial charge < -0.3 is 0 Å².